The molecule has 0 aromatic heterocycles. The van der Waals surface area contributed by atoms with Gasteiger partial charge in [0.05, 0.1) is 6.61 Å². The minimum absolute atomic E-state index is 0.235. The molecule has 0 bridgehead atoms. The third kappa shape index (κ3) is 2.19. The minimum Gasteiger partial charge on any atom is -0.493 e. The topological polar surface area (TPSA) is 35.2 Å². The number of hydrogen-bond acceptors (Lipinski definition) is 2. The van der Waals surface area contributed by atoms with Crippen molar-refractivity contribution in [3.05, 3.63) is 29.8 Å². The summed E-state index contributed by atoms with van der Waals surface area (Å²) in [6, 6.07) is 8.78. The highest BCUT2D eigenvalue weighted by Gasteiger charge is 2.47. The number of nitrogens with two attached hydrogens (primary N) is 1. The lowest BCUT2D eigenvalue weighted by atomic mass is 9.89. The van der Waals surface area contributed by atoms with Crippen molar-refractivity contribution in [2.75, 3.05) is 6.61 Å². The maximum atomic E-state index is 6.11. The van der Waals surface area contributed by atoms with E-state index in [-0.39, 0.29) is 11.5 Å². The second-order valence-electron chi connectivity index (χ2n) is 5.73. The highest BCUT2D eigenvalue weighted by Crippen LogP contribution is 2.50. The fraction of sp³-hybridized carbons (Fsp3) is 0.600. The fourth-order valence-corrected chi connectivity index (χ4v) is 2.54. The van der Waals surface area contributed by atoms with E-state index in [1.807, 2.05) is 0 Å². The van der Waals surface area contributed by atoms with E-state index < -0.39 is 0 Å². The number of ether oxygens (including phenoxy) is 1. The van der Waals surface area contributed by atoms with Crippen molar-refractivity contribution in [2.45, 2.75) is 44.1 Å². The summed E-state index contributed by atoms with van der Waals surface area (Å²) in [4.78, 5) is 0. The molecular formula is C15H21NO. The van der Waals surface area contributed by atoms with Crippen molar-refractivity contribution in [1.29, 1.82) is 0 Å². The van der Waals surface area contributed by atoms with Gasteiger partial charge in [0.1, 0.15) is 5.75 Å². The quantitative estimate of drug-likeness (QED) is 0.845. The Kier molecular flexibility index (Phi) is 2.62. The van der Waals surface area contributed by atoms with E-state index in [1.165, 1.54) is 31.2 Å². The summed E-state index contributed by atoms with van der Waals surface area (Å²) in [7, 11) is 0. The van der Waals surface area contributed by atoms with E-state index >= 15 is 0 Å². The Morgan fingerprint density at radius 2 is 2.18 bits per heavy atom. The zero-order valence-corrected chi connectivity index (χ0v) is 10.5. The third-order valence-electron chi connectivity index (χ3n) is 4.25. The predicted molar refractivity (Wildman–Crippen MR) is 69.2 cm³/mol. The van der Waals surface area contributed by atoms with Crippen LogP contribution >= 0.6 is 0 Å². The van der Waals surface area contributed by atoms with Crippen LogP contribution in [-0.4, -0.2) is 12.6 Å². The third-order valence-corrected chi connectivity index (χ3v) is 4.25. The molecule has 17 heavy (non-hydrogen) atoms. The first kappa shape index (κ1) is 11.1. The molecule has 1 aromatic rings. The number of hydrogen-bond donors (Lipinski definition) is 1. The molecule has 0 heterocycles. The van der Waals surface area contributed by atoms with Crippen LogP contribution in [0, 0.1) is 5.92 Å². The Bertz CT molecular complexity index is 405. The smallest absolute Gasteiger partial charge is 0.119 e. The van der Waals surface area contributed by atoms with Gasteiger partial charge >= 0.3 is 0 Å². The molecule has 2 heteroatoms. The maximum absolute atomic E-state index is 6.11. The van der Waals surface area contributed by atoms with E-state index in [4.69, 9.17) is 10.5 Å². The van der Waals surface area contributed by atoms with E-state index in [1.54, 1.807) is 0 Å². The molecule has 0 amide bonds. The van der Waals surface area contributed by atoms with Gasteiger partial charge in [-0.3, -0.25) is 0 Å². The van der Waals surface area contributed by atoms with Crippen molar-refractivity contribution < 1.29 is 4.74 Å². The second-order valence-corrected chi connectivity index (χ2v) is 5.73. The molecule has 1 aromatic carbocycles. The van der Waals surface area contributed by atoms with Gasteiger partial charge in [-0.25, -0.2) is 0 Å². The van der Waals surface area contributed by atoms with Crippen molar-refractivity contribution >= 4 is 0 Å². The molecule has 2 nitrogen and oxygen atoms in total. The Labute approximate surface area is 103 Å². The first-order chi connectivity index (χ1) is 8.21. The van der Waals surface area contributed by atoms with Gasteiger partial charge in [-0.1, -0.05) is 12.1 Å². The molecule has 1 atom stereocenters. The standard InChI is InChI=1S/C15H21NO/c1-11(16)15(7-8-15)13-3-2-4-14(9-13)17-10-12-5-6-12/h2-4,9,11-12H,5-8,10,16H2,1H3. The summed E-state index contributed by atoms with van der Waals surface area (Å²) in [5.41, 5.74) is 7.70. The SMILES string of the molecule is CC(N)C1(c2cccc(OCC3CC3)c2)CC1. The summed E-state index contributed by atoms with van der Waals surface area (Å²) in [5, 5.41) is 0. The Morgan fingerprint density at radius 1 is 1.41 bits per heavy atom. The van der Waals surface area contributed by atoms with Gasteiger partial charge in [-0.15, -0.1) is 0 Å². The average molecular weight is 231 g/mol. The maximum Gasteiger partial charge on any atom is 0.119 e. The number of rotatable bonds is 5. The zero-order valence-electron chi connectivity index (χ0n) is 10.5. The summed E-state index contributed by atoms with van der Waals surface area (Å²) in [5.74, 6) is 1.82. The largest absolute Gasteiger partial charge is 0.493 e. The minimum atomic E-state index is 0.235. The lowest BCUT2D eigenvalue weighted by molar-refractivity contribution is 0.299. The van der Waals surface area contributed by atoms with Crippen LogP contribution in [0.3, 0.4) is 0 Å². The van der Waals surface area contributed by atoms with Crippen LogP contribution in [0.5, 0.6) is 5.75 Å². The molecule has 2 N–H and O–H groups in total. The monoisotopic (exact) mass is 231 g/mol. The number of benzene rings is 1. The molecule has 92 valence electrons. The Hall–Kier alpha value is -1.02. The highest BCUT2D eigenvalue weighted by molar-refractivity contribution is 5.39. The molecule has 3 rings (SSSR count). The molecule has 0 spiro atoms. The van der Waals surface area contributed by atoms with E-state index in [2.05, 4.69) is 31.2 Å². The molecule has 1 unspecified atom stereocenters. The molecule has 2 aliphatic carbocycles. The van der Waals surface area contributed by atoms with Gasteiger partial charge < -0.3 is 10.5 Å². The van der Waals surface area contributed by atoms with Gasteiger partial charge in [0.25, 0.3) is 0 Å². The summed E-state index contributed by atoms with van der Waals surface area (Å²) < 4.78 is 5.83. The van der Waals surface area contributed by atoms with Crippen molar-refractivity contribution in [3.63, 3.8) is 0 Å². The van der Waals surface area contributed by atoms with E-state index in [0.29, 0.717) is 0 Å². The van der Waals surface area contributed by atoms with Crippen LogP contribution in [0.15, 0.2) is 24.3 Å². The lowest BCUT2D eigenvalue weighted by Gasteiger charge is -2.20. The van der Waals surface area contributed by atoms with Gasteiger partial charge in [-0.2, -0.15) is 0 Å². The van der Waals surface area contributed by atoms with Gasteiger partial charge in [0, 0.05) is 11.5 Å². The fourth-order valence-electron chi connectivity index (χ4n) is 2.54. The van der Waals surface area contributed by atoms with Crippen molar-refractivity contribution in [1.82, 2.24) is 0 Å². The molecule has 2 fully saturated rings. The average Bonchev–Trinajstić information content (AvgIpc) is 3.19. The molecule has 0 radical (unpaired) electrons. The first-order valence-corrected chi connectivity index (χ1v) is 6.70. The lowest BCUT2D eigenvalue weighted by Crippen LogP contribution is -2.31. The summed E-state index contributed by atoms with van der Waals surface area (Å²) in [6.45, 7) is 3.00. The van der Waals surface area contributed by atoms with Crippen LogP contribution in [-0.2, 0) is 5.41 Å². The molecule has 2 aliphatic rings. The first-order valence-electron chi connectivity index (χ1n) is 6.70. The highest BCUT2D eigenvalue weighted by atomic mass is 16.5. The van der Waals surface area contributed by atoms with Gasteiger partial charge in [-0.05, 0) is 56.2 Å². The zero-order chi connectivity index (χ0) is 11.9. The van der Waals surface area contributed by atoms with Gasteiger partial charge in [0.2, 0.25) is 0 Å². The molecular weight excluding hydrogens is 210 g/mol. The van der Waals surface area contributed by atoms with E-state index in [9.17, 15) is 0 Å². The van der Waals surface area contributed by atoms with Crippen LogP contribution in [0.4, 0.5) is 0 Å². The molecule has 2 saturated carbocycles. The predicted octanol–water partition coefficient (Wildman–Crippen LogP) is 2.85. The van der Waals surface area contributed by atoms with Crippen LogP contribution < -0.4 is 10.5 Å². The Morgan fingerprint density at radius 3 is 2.76 bits per heavy atom. The summed E-state index contributed by atoms with van der Waals surface area (Å²) >= 11 is 0. The van der Waals surface area contributed by atoms with Crippen molar-refractivity contribution in [3.8, 4) is 5.75 Å². The molecule has 0 aliphatic heterocycles. The van der Waals surface area contributed by atoms with Crippen LogP contribution in [0.1, 0.15) is 38.2 Å². The van der Waals surface area contributed by atoms with Crippen LogP contribution in [0.2, 0.25) is 0 Å². The van der Waals surface area contributed by atoms with E-state index in [0.717, 1.165) is 18.3 Å². The Balaban J connectivity index is 1.74. The normalized spacial score (nSPS) is 23.2. The molecule has 0 saturated heterocycles. The second kappa shape index (κ2) is 4.02. The summed E-state index contributed by atoms with van der Waals surface area (Å²) in [6.07, 6.45) is 5.11. The van der Waals surface area contributed by atoms with Gasteiger partial charge in [0.15, 0.2) is 0 Å². The van der Waals surface area contributed by atoms with Crippen LogP contribution in [0.25, 0.3) is 0 Å². The van der Waals surface area contributed by atoms with Crippen molar-refractivity contribution in [2.24, 2.45) is 11.7 Å².